The molecule has 0 saturated heterocycles. The van der Waals surface area contributed by atoms with E-state index in [0.29, 0.717) is 22.6 Å². The summed E-state index contributed by atoms with van der Waals surface area (Å²) < 4.78 is 19.0. The number of anilines is 1. The molecule has 0 aliphatic heterocycles. The number of nitrogen functional groups attached to an aromatic ring is 1. The largest absolute Gasteiger partial charge is 0.487 e. The first-order chi connectivity index (χ1) is 14.1. The van der Waals surface area contributed by atoms with Crippen molar-refractivity contribution in [1.29, 1.82) is 0 Å². The van der Waals surface area contributed by atoms with Gasteiger partial charge in [0.25, 0.3) is 0 Å². The summed E-state index contributed by atoms with van der Waals surface area (Å²) in [5, 5.41) is 6.72. The Bertz CT molecular complexity index is 1140. The highest BCUT2D eigenvalue weighted by molar-refractivity contribution is 6.15. The number of benzene rings is 2. The molecule has 0 bridgehead atoms. The number of H-pyrrole nitrogens is 1. The van der Waals surface area contributed by atoms with Crippen molar-refractivity contribution in [2.75, 3.05) is 5.73 Å². The van der Waals surface area contributed by atoms with Crippen molar-refractivity contribution >= 4 is 11.6 Å². The molecule has 4 aromatic rings. The van der Waals surface area contributed by atoms with Gasteiger partial charge >= 0.3 is 0 Å². The standard InChI is InChI=1S/C22H17FN4O2/c23-16-9-7-14(8-10-16)20-19(22(24)27-26-20)21(28)15-4-3-6-18(12-15)29-13-17-5-1-2-11-25-17/h1-12H,13H2,(H3,24,26,27). The van der Waals surface area contributed by atoms with Crippen LogP contribution < -0.4 is 10.5 Å². The number of carbonyl (C=O) groups excluding carboxylic acids is 1. The van der Waals surface area contributed by atoms with Crippen LogP contribution in [-0.2, 0) is 6.61 Å². The van der Waals surface area contributed by atoms with Gasteiger partial charge in [0, 0.05) is 17.3 Å². The number of rotatable bonds is 6. The van der Waals surface area contributed by atoms with Crippen molar-refractivity contribution in [2.24, 2.45) is 0 Å². The first-order valence-corrected chi connectivity index (χ1v) is 8.89. The third-order valence-corrected chi connectivity index (χ3v) is 4.36. The molecule has 0 atom stereocenters. The molecule has 2 heterocycles. The molecule has 0 saturated carbocycles. The summed E-state index contributed by atoms with van der Waals surface area (Å²) >= 11 is 0. The van der Waals surface area contributed by atoms with E-state index in [4.69, 9.17) is 10.5 Å². The molecular weight excluding hydrogens is 371 g/mol. The van der Waals surface area contributed by atoms with E-state index in [-0.39, 0.29) is 29.6 Å². The predicted molar refractivity (Wildman–Crippen MR) is 107 cm³/mol. The van der Waals surface area contributed by atoms with E-state index in [1.54, 1.807) is 42.6 Å². The molecule has 2 aromatic carbocycles. The molecule has 3 N–H and O–H groups in total. The van der Waals surface area contributed by atoms with Crippen molar-refractivity contribution in [1.82, 2.24) is 15.2 Å². The van der Waals surface area contributed by atoms with Crippen LogP contribution in [0.3, 0.4) is 0 Å². The molecule has 0 radical (unpaired) electrons. The first kappa shape index (κ1) is 18.4. The van der Waals surface area contributed by atoms with E-state index in [1.807, 2.05) is 18.2 Å². The number of nitrogens with one attached hydrogen (secondary N) is 1. The fourth-order valence-electron chi connectivity index (χ4n) is 2.92. The molecule has 0 spiro atoms. The SMILES string of the molecule is Nc1n[nH]c(-c2ccc(F)cc2)c1C(=O)c1cccc(OCc2ccccn2)c1. The Morgan fingerprint density at radius 3 is 2.66 bits per heavy atom. The van der Waals surface area contributed by atoms with Crippen LogP contribution in [0.4, 0.5) is 10.2 Å². The number of ketones is 1. The van der Waals surface area contributed by atoms with E-state index in [1.165, 1.54) is 12.1 Å². The van der Waals surface area contributed by atoms with Crippen molar-refractivity contribution in [3.05, 3.63) is 95.6 Å². The smallest absolute Gasteiger partial charge is 0.199 e. The average molecular weight is 388 g/mol. The molecule has 0 unspecified atom stereocenters. The number of aromatic amines is 1. The van der Waals surface area contributed by atoms with Crippen LogP contribution in [0.1, 0.15) is 21.6 Å². The summed E-state index contributed by atoms with van der Waals surface area (Å²) in [5.41, 5.74) is 8.41. The second-order valence-electron chi connectivity index (χ2n) is 6.33. The topological polar surface area (TPSA) is 93.9 Å². The summed E-state index contributed by atoms with van der Waals surface area (Å²) in [7, 11) is 0. The van der Waals surface area contributed by atoms with Crippen molar-refractivity contribution in [3.63, 3.8) is 0 Å². The molecule has 6 nitrogen and oxygen atoms in total. The van der Waals surface area contributed by atoms with E-state index in [0.717, 1.165) is 5.69 Å². The fraction of sp³-hybridized carbons (Fsp3) is 0.0455. The Kier molecular flexibility index (Phi) is 5.03. The molecule has 0 aliphatic rings. The lowest BCUT2D eigenvalue weighted by atomic mass is 9.99. The molecule has 2 aromatic heterocycles. The Balaban J connectivity index is 1.60. The Labute approximate surface area is 166 Å². The summed E-state index contributed by atoms with van der Waals surface area (Å²) in [6, 6.07) is 18.1. The fourth-order valence-corrected chi connectivity index (χ4v) is 2.92. The van der Waals surface area contributed by atoms with Gasteiger partial charge in [-0.1, -0.05) is 18.2 Å². The second-order valence-corrected chi connectivity index (χ2v) is 6.33. The number of hydrogen-bond acceptors (Lipinski definition) is 5. The molecular formula is C22H17FN4O2. The van der Waals surface area contributed by atoms with Crippen molar-refractivity contribution in [2.45, 2.75) is 6.61 Å². The van der Waals surface area contributed by atoms with Gasteiger partial charge in [-0.15, -0.1) is 0 Å². The number of hydrogen-bond donors (Lipinski definition) is 2. The predicted octanol–water partition coefficient (Wildman–Crippen LogP) is 4.00. The van der Waals surface area contributed by atoms with Gasteiger partial charge < -0.3 is 10.5 Å². The molecule has 29 heavy (non-hydrogen) atoms. The van der Waals surface area contributed by atoms with Crippen LogP contribution in [0.25, 0.3) is 11.3 Å². The number of pyridine rings is 1. The van der Waals surface area contributed by atoms with Crippen molar-refractivity contribution in [3.8, 4) is 17.0 Å². The highest BCUT2D eigenvalue weighted by atomic mass is 19.1. The van der Waals surface area contributed by atoms with E-state index in [9.17, 15) is 9.18 Å². The maximum atomic E-state index is 13.2. The van der Waals surface area contributed by atoms with Gasteiger partial charge in [0.2, 0.25) is 0 Å². The zero-order chi connectivity index (χ0) is 20.2. The van der Waals surface area contributed by atoms with Crippen LogP contribution in [0, 0.1) is 5.82 Å². The lowest BCUT2D eigenvalue weighted by molar-refractivity contribution is 0.103. The Hall–Kier alpha value is -4.00. The molecule has 4 rings (SSSR count). The van der Waals surface area contributed by atoms with E-state index < -0.39 is 0 Å². The van der Waals surface area contributed by atoms with Gasteiger partial charge in [0.15, 0.2) is 11.6 Å². The summed E-state index contributed by atoms with van der Waals surface area (Å²) in [4.78, 5) is 17.3. The summed E-state index contributed by atoms with van der Waals surface area (Å²) in [6.45, 7) is 0.285. The third kappa shape index (κ3) is 3.98. The number of carbonyl (C=O) groups is 1. The summed E-state index contributed by atoms with van der Waals surface area (Å²) in [5.74, 6) is -0.0632. The van der Waals surface area contributed by atoms with E-state index >= 15 is 0 Å². The lowest BCUT2D eigenvalue weighted by Gasteiger charge is -2.08. The Morgan fingerprint density at radius 1 is 1.07 bits per heavy atom. The Morgan fingerprint density at radius 2 is 1.90 bits per heavy atom. The maximum Gasteiger partial charge on any atom is 0.199 e. The molecule has 144 valence electrons. The lowest BCUT2D eigenvalue weighted by Crippen LogP contribution is -2.06. The maximum absolute atomic E-state index is 13.2. The molecule has 7 heteroatoms. The van der Waals surface area contributed by atoms with Crippen LogP contribution in [0.2, 0.25) is 0 Å². The van der Waals surface area contributed by atoms with Crippen LogP contribution in [0.5, 0.6) is 5.75 Å². The van der Waals surface area contributed by atoms with Gasteiger partial charge in [-0.25, -0.2) is 4.39 Å². The molecule has 0 fully saturated rings. The zero-order valence-corrected chi connectivity index (χ0v) is 15.3. The third-order valence-electron chi connectivity index (χ3n) is 4.36. The number of nitrogens with two attached hydrogens (primary N) is 1. The van der Waals surface area contributed by atoms with Gasteiger partial charge in [0.1, 0.15) is 18.2 Å². The van der Waals surface area contributed by atoms with Crippen LogP contribution >= 0.6 is 0 Å². The van der Waals surface area contributed by atoms with Crippen LogP contribution in [0.15, 0.2) is 72.9 Å². The second kappa shape index (κ2) is 7.93. The number of aromatic nitrogens is 3. The van der Waals surface area contributed by atoms with Gasteiger partial charge in [-0.3, -0.25) is 14.9 Å². The number of halogens is 1. The highest BCUT2D eigenvalue weighted by Gasteiger charge is 2.21. The minimum absolute atomic E-state index is 0.0779. The summed E-state index contributed by atoms with van der Waals surface area (Å²) in [6.07, 6.45) is 1.69. The minimum atomic E-state index is -0.369. The normalized spacial score (nSPS) is 10.7. The minimum Gasteiger partial charge on any atom is -0.487 e. The molecule has 0 aliphatic carbocycles. The first-order valence-electron chi connectivity index (χ1n) is 8.89. The highest BCUT2D eigenvalue weighted by Crippen LogP contribution is 2.28. The quantitative estimate of drug-likeness (QED) is 0.487. The monoisotopic (exact) mass is 388 g/mol. The van der Waals surface area contributed by atoms with Gasteiger partial charge in [-0.05, 0) is 48.5 Å². The zero-order valence-electron chi connectivity index (χ0n) is 15.3. The number of nitrogens with zero attached hydrogens (tertiary/aromatic N) is 2. The van der Waals surface area contributed by atoms with E-state index in [2.05, 4.69) is 15.2 Å². The number of ether oxygens (including phenoxy) is 1. The van der Waals surface area contributed by atoms with Gasteiger partial charge in [-0.2, -0.15) is 5.10 Å². The molecule has 0 amide bonds. The van der Waals surface area contributed by atoms with Crippen molar-refractivity contribution < 1.29 is 13.9 Å². The average Bonchev–Trinajstić information content (AvgIpc) is 3.14. The van der Waals surface area contributed by atoms with Crippen LogP contribution in [-0.4, -0.2) is 21.0 Å². The van der Waals surface area contributed by atoms with Gasteiger partial charge in [0.05, 0.1) is 17.0 Å².